The average Bonchev–Trinajstić information content (AvgIpc) is 3.23. The third-order valence-electron chi connectivity index (χ3n) is 11.3. The summed E-state index contributed by atoms with van der Waals surface area (Å²) >= 11 is 0. The van der Waals surface area contributed by atoms with Gasteiger partial charge in [-0.15, -0.1) is 0 Å². The van der Waals surface area contributed by atoms with Crippen LogP contribution in [0.2, 0.25) is 0 Å². The van der Waals surface area contributed by atoms with Crippen molar-refractivity contribution in [3.05, 3.63) is 95.1 Å². The number of nitrogens with zero attached hydrogens (tertiary/aromatic N) is 2. The van der Waals surface area contributed by atoms with E-state index in [4.69, 9.17) is 9.73 Å². The van der Waals surface area contributed by atoms with E-state index >= 15 is 0 Å². The summed E-state index contributed by atoms with van der Waals surface area (Å²) < 4.78 is 8.51. The van der Waals surface area contributed by atoms with E-state index in [0.717, 1.165) is 5.84 Å². The van der Waals surface area contributed by atoms with Gasteiger partial charge in [0.05, 0.1) is 11.8 Å². The van der Waals surface area contributed by atoms with Gasteiger partial charge in [-0.3, -0.25) is 0 Å². The number of methoxy groups -OCH3 is 1. The molecule has 0 saturated heterocycles. The molecule has 1 saturated carbocycles. The normalized spacial score (nSPS) is 32.9. The van der Waals surface area contributed by atoms with Gasteiger partial charge in [-0.25, -0.2) is 4.58 Å². The molecule has 0 amide bonds. The van der Waals surface area contributed by atoms with Crippen molar-refractivity contribution in [2.45, 2.75) is 75.7 Å². The maximum absolute atomic E-state index is 12.4. The van der Waals surface area contributed by atoms with E-state index in [9.17, 15) is 5.11 Å². The SMILES string of the molecule is COC1(O)C2(C)c3cc4ccccc4cc3C3=[N+](C(C(C)C)=NC4C3c3c(ccc5ccccc35)C4(C)C)C12C. The standard InChI is InChI=1S/C36H37N2O2/c1-20(2)32-37-31-29(28-24-15-11-10-12-21(24)16-17-26(28)33(31,3)4)30-25-18-22-13-8-9-14-23(22)19-27(25)34(5)35(6,38(30)32)36(34,39)40-7/h8-20,29,31,39H,1-7H3/q+1. The van der Waals surface area contributed by atoms with E-state index in [-0.39, 0.29) is 23.3 Å². The van der Waals surface area contributed by atoms with Crippen LogP contribution in [0.4, 0.5) is 0 Å². The minimum Gasteiger partial charge on any atom is -0.361 e. The summed E-state index contributed by atoms with van der Waals surface area (Å²) in [5, 5.41) is 17.3. The van der Waals surface area contributed by atoms with Crippen LogP contribution in [0.5, 0.6) is 0 Å². The summed E-state index contributed by atoms with van der Waals surface area (Å²) in [6.45, 7) is 13.5. The van der Waals surface area contributed by atoms with Crippen LogP contribution in [-0.4, -0.2) is 45.7 Å². The van der Waals surface area contributed by atoms with Gasteiger partial charge in [0.15, 0.2) is 11.6 Å². The first-order valence-corrected chi connectivity index (χ1v) is 14.6. The Labute approximate surface area is 236 Å². The summed E-state index contributed by atoms with van der Waals surface area (Å²) in [6.07, 6.45) is 0. The molecule has 0 radical (unpaired) electrons. The molecule has 40 heavy (non-hydrogen) atoms. The highest BCUT2D eigenvalue weighted by Crippen LogP contribution is 2.72. The molecular weight excluding hydrogens is 492 g/mol. The number of amidine groups is 1. The van der Waals surface area contributed by atoms with Crippen LogP contribution in [0.15, 0.2) is 77.8 Å². The molecule has 4 aromatic rings. The molecule has 8 rings (SSSR count). The van der Waals surface area contributed by atoms with Crippen LogP contribution >= 0.6 is 0 Å². The second-order valence-corrected chi connectivity index (χ2v) is 13.5. The second-order valence-electron chi connectivity index (χ2n) is 13.5. The van der Waals surface area contributed by atoms with Crippen LogP contribution in [0.1, 0.15) is 69.7 Å². The van der Waals surface area contributed by atoms with Crippen molar-refractivity contribution in [1.29, 1.82) is 0 Å². The molecule has 2 aliphatic carbocycles. The van der Waals surface area contributed by atoms with Crippen molar-refractivity contribution in [2.24, 2.45) is 10.9 Å². The number of benzene rings is 4. The maximum atomic E-state index is 12.4. The fourth-order valence-corrected chi connectivity index (χ4v) is 8.99. The first-order chi connectivity index (χ1) is 19.0. The number of rotatable bonds is 2. The van der Waals surface area contributed by atoms with E-state index in [2.05, 4.69) is 119 Å². The van der Waals surface area contributed by atoms with Crippen molar-refractivity contribution < 1.29 is 14.4 Å². The summed E-state index contributed by atoms with van der Waals surface area (Å²) in [4.78, 5) is 5.65. The third-order valence-corrected chi connectivity index (χ3v) is 11.3. The Morgan fingerprint density at radius 2 is 1.50 bits per heavy atom. The molecule has 4 aliphatic rings. The molecule has 0 spiro atoms. The lowest BCUT2D eigenvalue weighted by Gasteiger charge is -2.37. The molecule has 4 heteroatoms. The molecule has 202 valence electrons. The van der Waals surface area contributed by atoms with Gasteiger partial charge in [0, 0.05) is 18.1 Å². The number of hydrogen-bond acceptors (Lipinski definition) is 3. The molecule has 1 N–H and O–H groups in total. The maximum Gasteiger partial charge on any atom is 0.296 e. The second kappa shape index (κ2) is 7.29. The fourth-order valence-electron chi connectivity index (χ4n) is 8.99. The van der Waals surface area contributed by atoms with Crippen molar-refractivity contribution in [2.75, 3.05) is 7.11 Å². The zero-order chi connectivity index (χ0) is 28.0. The Morgan fingerprint density at radius 3 is 2.17 bits per heavy atom. The summed E-state index contributed by atoms with van der Waals surface area (Å²) in [5.41, 5.74) is 4.92. The van der Waals surface area contributed by atoms with E-state index in [1.54, 1.807) is 7.11 Å². The molecule has 0 aromatic heterocycles. The molecule has 1 fully saturated rings. The molecule has 2 aliphatic heterocycles. The Morgan fingerprint density at radius 1 is 0.850 bits per heavy atom. The van der Waals surface area contributed by atoms with Gasteiger partial charge < -0.3 is 9.84 Å². The first kappa shape index (κ1) is 24.5. The Kier molecular flexibility index (Phi) is 4.46. The number of aliphatic hydroxyl groups is 1. The molecule has 5 atom stereocenters. The lowest BCUT2D eigenvalue weighted by Crippen LogP contribution is -2.54. The average molecular weight is 530 g/mol. The van der Waals surface area contributed by atoms with Crippen molar-refractivity contribution in [1.82, 2.24) is 0 Å². The van der Waals surface area contributed by atoms with E-state index in [0.29, 0.717) is 0 Å². The zero-order valence-corrected chi connectivity index (χ0v) is 24.4. The molecule has 4 nitrogen and oxygen atoms in total. The van der Waals surface area contributed by atoms with Crippen LogP contribution in [0.3, 0.4) is 0 Å². The zero-order valence-electron chi connectivity index (χ0n) is 24.4. The number of ether oxygens (including phenoxy) is 1. The van der Waals surface area contributed by atoms with Crippen molar-refractivity contribution in [3.63, 3.8) is 0 Å². The summed E-state index contributed by atoms with van der Waals surface area (Å²) in [7, 11) is 1.65. The van der Waals surface area contributed by atoms with E-state index < -0.39 is 16.7 Å². The molecule has 0 bridgehead atoms. The minimum absolute atomic E-state index is 0.0543. The minimum atomic E-state index is -1.36. The Hall–Kier alpha value is -3.34. The van der Waals surface area contributed by atoms with Gasteiger partial charge in [-0.2, -0.15) is 0 Å². The number of aliphatic imine (C=N–C) groups is 1. The Bertz CT molecular complexity index is 1870. The monoisotopic (exact) mass is 529 g/mol. The number of hydrogen-bond donors (Lipinski definition) is 1. The van der Waals surface area contributed by atoms with E-state index in [1.165, 1.54) is 49.5 Å². The lowest BCUT2D eigenvalue weighted by molar-refractivity contribution is -0.502. The van der Waals surface area contributed by atoms with Gasteiger partial charge in [0.25, 0.3) is 5.84 Å². The van der Waals surface area contributed by atoms with Gasteiger partial charge in [-0.1, -0.05) is 93.4 Å². The highest BCUT2D eigenvalue weighted by Gasteiger charge is 2.92. The van der Waals surface area contributed by atoms with Crippen LogP contribution in [0.25, 0.3) is 21.5 Å². The predicted molar refractivity (Wildman–Crippen MR) is 162 cm³/mol. The third kappa shape index (κ3) is 2.41. The van der Waals surface area contributed by atoms with Gasteiger partial charge >= 0.3 is 0 Å². The molecular formula is C36H37N2O2+. The van der Waals surface area contributed by atoms with Crippen LogP contribution in [0, 0.1) is 5.92 Å². The molecule has 2 heterocycles. The van der Waals surface area contributed by atoms with Crippen molar-refractivity contribution in [3.8, 4) is 0 Å². The van der Waals surface area contributed by atoms with Gasteiger partial charge in [0.1, 0.15) is 11.1 Å². The van der Waals surface area contributed by atoms with Crippen molar-refractivity contribution >= 4 is 33.1 Å². The molecule has 4 aromatic carbocycles. The van der Waals surface area contributed by atoms with Gasteiger partial charge in [0.2, 0.25) is 5.79 Å². The molecule has 5 unspecified atom stereocenters. The fraction of sp³-hybridized carbons (Fsp3) is 0.389. The summed E-state index contributed by atoms with van der Waals surface area (Å²) in [6, 6.07) is 26.7. The topological polar surface area (TPSA) is 44.8 Å². The Balaban J connectivity index is 1.56. The smallest absolute Gasteiger partial charge is 0.296 e. The van der Waals surface area contributed by atoms with Crippen LogP contribution in [-0.2, 0) is 15.6 Å². The van der Waals surface area contributed by atoms with Gasteiger partial charge in [-0.05, 0) is 64.2 Å². The number of fused-ring (bicyclic) bond motifs is 12. The largest absolute Gasteiger partial charge is 0.361 e. The lowest BCUT2D eigenvalue weighted by atomic mass is 9.73. The predicted octanol–water partition coefficient (Wildman–Crippen LogP) is 6.68. The highest BCUT2D eigenvalue weighted by molar-refractivity contribution is 6.13. The van der Waals surface area contributed by atoms with Crippen LogP contribution < -0.4 is 0 Å². The first-order valence-electron chi connectivity index (χ1n) is 14.6. The van der Waals surface area contributed by atoms with E-state index in [1.807, 2.05) is 0 Å². The summed E-state index contributed by atoms with van der Waals surface area (Å²) in [5.74, 6) is -0.0857. The highest BCUT2D eigenvalue weighted by atomic mass is 16.6. The quantitative estimate of drug-likeness (QED) is 0.232.